The van der Waals surface area contributed by atoms with Crippen LogP contribution < -0.4 is 10.5 Å². The van der Waals surface area contributed by atoms with Gasteiger partial charge in [-0.25, -0.2) is 17.5 Å². The van der Waals surface area contributed by atoms with E-state index in [0.717, 1.165) is 31.4 Å². The van der Waals surface area contributed by atoms with Crippen molar-refractivity contribution in [3.05, 3.63) is 24.0 Å². The van der Waals surface area contributed by atoms with Gasteiger partial charge in [-0.3, -0.25) is 0 Å². The highest BCUT2D eigenvalue weighted by Gasteiger charge is 2.16. The van der Waals surface area contributed by atoms with E-state index < -0.39 is 15.8 Å². The summed E-state index contributed by atoms with van der Waals surface area (Å²) in [7, 11) is -3.65. The fourth-order valence-corrected chi connectivity index (χ4v) is 2.91. The van der Waals surface area contributed by atoms with Gasteiger partial charge in [-0.05, 0) is 30.5 Å². The van der Waals surface area contributed by atoms with Crippen molar-refractivity contribution in [2.45, 2.75) is 38.0 Å². The summed E-state index contributed by atoms with van der Waals surface area (Å²) >= 11 is 0. The van der Waals surface area contributed by atoms with Gasteiger partial charge >= 0.3 is 0 Å². The Morgan fingerprint density at radius 1 is 1.32 bits per heavy atom. The van der Waals surface area contributed by atoms with Gasteiger partial charge in [0, 0.05) is 6.54 Å². The van der Waals surface area contributed by atoms with Crippen molar-refractivity contribution in [3.8, 4) is 0 Å². The second-order valence-electron chi connectivity index (χ2n) is 4.97. The van der Waals surface area contributed by atoms with Crippen LogP contribution in [-0.4, -0.2) is 15.0 Å². The van der Waals surface area contributed by atoms with Crippen LogP contribution in [0.25, 0.3) is 0 Å². The molecule has 0 unspecified atom stereocenters. The van der Waals surface area contributed by atoms with Crippen molar-refractivity contribution >= 4 is 15.7 Å². The number of hydrogen-bond donors (Lipinski definition) is 2. The number of anilines is 1. The maximum Gasteiger partial charge on any atom is 0.242 e. The molecule has 1 aromatic carbocycles. The molecule has 0 saturated carbocycles. The maximum absolute atomic E-state index is 12.9. The van der Waals surface area contributed by atoms with E-state index in [2.05, 4.69) is 18.6 Å². The number of unbranched alkanes of at least 4 members (excludes halogenated alkanes) is 1. The van der Waals surface area contributed by atoms with Crippen LogP contribution in [0.2, 0.25) is 0 Å². The summed E-state index contributed by atoms with van der Waals surface area (Å²) in [4.78, 5) is -0.0715. The van der Waals surface area contributed by atoms with Crippen molar-refractivity contribution in [1.29, 1.82) is 0 Å². The minimum Gasteiger partial charge on any atom is -0.398 e. The van der Waals surface area contributed by atoms with E-state index in [1.165, 1.54) is 6.07 Å². The number of sulfonamides is 1. The lowest BCUT2D eigenvalue weighted by Crippen LogP contribution is -2.25. The quantitative estimate of drug-likeness (QED) is 0.598. The Morgan fingerprint density at radius 3 is 2.58 bits per heavy atom. The molecule has 0 fully saturated rings. The van der Waals surface area contributed by atoms with E-state index in [9.17, 15) is 12.8 Å². The predicted octanol–water partition coefficient (Wildman–Crippen LogP) is 2.51. The Bertz CT molecular complexity index is 515. The molecule has 0 bridgehead atoms. The summed E-state index contributed by atoms with van der Waals surface area (Å²) in [5.74, 6) is 0.0673. The molecule has 108 valence electrons. The first-order valence-electron chi connectivity index (χ1n) is 6.37. The van der Waals surface area contributed by atoms with Gasteiger partial charge in [-0.2, -0.15) is 0 Å². The maximum atomic E-state index is 12.9. The van der Waals surface area contributed by atoms with Crippen LogP contribution in [0, 0.1) is 11.7 Å². The topological polar surface area (TPSA) is 72.2 Å². The largest absolute Gasteiger partial charge is 0.398 e. The molecule has 3 N–H and O–H groups in total. The summed E-state index contributed by atoms with van der Waals surface area (Å²) in [6.07, 6.45) is 2.82. The van der Waals surface area contributed by atoms with Gasteiger partial charge in [-0.15, -0.1) is 0 Å². The van der Waals surface area contributed by atoms with Gasteiger partial charge in [0.2, 0.25) is 10.0 Å². The van der Waals surface area contributed by atoms with Crippen molar-refractivity contribution in [3.63, 3.8) is 0 Å². The highest BCUT2D eigenvalue weighted by molar-refractivity contribution is 7.89. The highest BCUT2D eigenvalue weighted by atomic mass is 32.2. The van der Waals surface area contributed by atoms with E-state index >= 15 is 0 Å². The Hall–Kier alpha value is -1.14. The molecule has 6 heteroatoms. The molecule has 0 radical (unpaired) electrons. The van der Waals surface area contributed by atoms with Crippen LogP contribution in [0.1, 0.15) is 33.1 Å². The summed E-state index contributed by atoms with van der Waals surface area (Å²) in [6.45, 7) is 4.62. The molecule has 0 atom stereocenters. The van der Waals surface area contributed by atoms with Gasteiger partial charge in [0.15, 0.2) is 0 Å². The first kappa shape index (κ1) is 15.9. The minimum absolute atomic E-state index is 0.0715. The molecule has 0 heterocycles. The Labute approximate surface area is 114 Å². The average Bonchev–Trinajstić information content (AvgIpc) is 2.27. The van der Waals surface area contributed by atoms with E-state index in [1.807, 2.05) is 0 Å². The summed E-state index contributed by atoms with van der Waals surface area (Å²) < 4.78 is 39.2. The van der Waals surface area contributed by atoms with E-state index in [4.69, 9.17) is 5.73 Å². The lowest BCUT2D eigenvalue weighted by atomic mass is 10.1. The van der Waals surface area contributed by atoms with Crippen molar-refractivity contribution in [2.24, 2.45) is 5.92 Å². The Balaban J connectivity index is 2.56. The molecular weight excluding hydrogens is 267 g/mol. The lowest BCUT2D eigenvalue weighted by Gasteiger charge is -2.09. The molecule has 19 heavy (non-hydrogen) atoms. The number of rotatable bonds is 7. The van der Waals surface area contributed by atoms with Gasteiger partial charge < -0.3 is 5.73 Å². The number of benzene rings is 1. The molecule has 0 aliphatic rings. The fraction of sp³-hybridized carbons (Fsp3) is 0.538. The normalized spacial score (nSPS) is 12.0. The van der Waals surface area contributed by atoms with E-state index in [0.29, 0.717) is 12.5 Å². The van der Waals surface area contributed by atoms with Crippen LogP contribution in [0.15, 0.2) is 23.1 Å². The molecule has 4 nitrogen and oxygen atoms in total. The number of nitrogens with one attached hydrogen (secondary N) is 1. The SMILES string of the molecule is CC(C)CCCCNS(=O)(=O)c1ccc(F)cc1N. The fourth-order valence-electron chi connectivity index (χ4n) is 1.73. The van der Waals surface area contributed by atoms with Crippen LogP contribution in [0.3, 0.4) is 0 Å². The smallest absolute Gasteiger partial charge is 0.242 e. The Kier molecular flexibility index (Phi) is 5.75. The minimum atomic E-state index is -3.65. The molecule has 0 aromatic heterocycles. The lowest BCUT2D eigenvalue weighted by molar-refractivity contribution is 0.530. The van der Waals surface area contributed by atoms with Crippen LogP contribution >= 0.6 is 0 Å². The average molecular weight is 288 g/mol. The predicted molar refractivity (Wildman–Crippen MR) is 74.7 cm³/mol. The molecule has 1 rings (SSSR count). The van der Waals surface area contributed by atoms with Gasteiger partial charge in [-0.1, -0.05) is 26.7 Å². The number of hydrogen-bond acceptors (Lipinski definition) is 3. The zero-order valence-corrected chi connectivity index (χ0v) is 12.1. The molecule has 0 saturated heterocycles. The summed E-state index contributed by atoms with van der Waals surface area (Å²) in [6, 6.07) is 3.28. The van der Waals surface area contributed by atoms with Gasteiger partial charge in [0.1, 0.15) is 10.7 Å². The summed E-state index contributed by atoms with van der Waals surface area (Å²) in [5, 5.41) is 0. The second kappa shape index (κ2) is 6.86. The standard InChI is InChI=1S/C13H21FN2O2S/c1-10(2)5-3-4-8-16-19(17,18)13-7-6-11(14)9-12(13)15/h6-7,9-10,16H,3-5,8,15H2,1-2H3. The zero-order chi connectivity index (χ0) is 14.5. The van der Waals surface area contributed by atoms with E-state index in [-0.39, 0.29) is 10.6 Å². The monoisotopic (exact) mass is 288 g/mol. The molecule has 0 aliphatic carbocycles. The first-order chi connectivity index (χ1) is 8.83. The van der Waals surface area contributed by atoms with Crippen molar-refractivity contribution in [2.75, 3.05) is 12.3 Å². The Morgan fingerprint density at radius 2 is 2.00 bits per heavy atom. The molecule has 0 spiro atoms. The highest BCUT2D eigenvalue weighted by Crippen LogP contribution is 2.18. The number of nitrogens with two attached hydrogens (primary N) is 1. The molecule has 1 aromatic rings. The van der Waals surface area contributed by atoms with Crippen LogP contribution in [-0.2, 0) is 10.0 Å². The van der Waals surface area contributed by atoms with Gasteiger partial charge in [0.25, 0.3) is 0 Å². The molecule has 0 amide bonds. The first-order valence-corrected chi connectivity index (χ1v) is 7.86. The molecule has 0 aliphatic heterocycles. The van der Waals surface area contributed by atoms with Crippen LogP contribution in [0.4, 0.5) is 10.1 Å². The van der Waals surface area contributed by atoms with E-state index in [1.54, 1.807) is 0 Å². The number of halogens is 1. The zero-order valence-electron chi connectivity index (χ0n) is 11.3. The van der Waals surface area contributed by atoms with Crippen molar-refractivity contribution in [1.82, 2.24) is 4.72 Å². The second-order valence-corrected chi connectivity index (χ2v) is 6.70. The van der Waals surface area contributed by atoms with Gasteiger partial charge in [0.05, 0.1) is 5.69 Å². The van der Waals surface area contributed by atoms with Crippen LogP contribution in [0.5, 0.6) is 0 Å². The third-order valence-corrected chi connectivity index (χ3v) is 4.30. The number of nitrogen functional groups attached to an aromatic ring is 1. The third kappa shape index (κ3) is 5.16. The summed E-state index contributed by atoms with van der Waals surface area (Å²) in [5.41, 5.74) is 5.44. The third-order valence-electron chi connectivity index (χ3n) is 2.76. The van der Waals surface area contributed by atoms with Crippen molar-refractivity contribution < 1.29 is 12.8 Å². The molecular formula is C13H21FN2O2S.